The first-order chi connectivity index (χ1) is 23.6. The monoisotopic (exact) mass is 687 g/mol. The number of aromatic nitrogens is 2. The smallest absolute Gasteiger partial charge is 0.411 e. The highest BCUT2D eigenvalue weighted by molar-refractivity contribution is 6.11. The number of likely N-dealkylation sites (tertiary alicyclic amines) is 2. The van der Waals surface area contributed by atoms with Gasteiger partial charge < -0.3 is 19.1 Å². The zero-order valence-electron chi connectivity index (χ0n) is 30.6. The summed E-state index contributed by atoms with van der Waals surface area (Å²) in [7, 11) is 0. The molecular formula is C39H50FN5O5. The molecule has 0 radical (unpaired) electrons. The van der Waals surface area contributed by atoms with Gasteiger partial charge in [-0.05, 0) is 118 Å². The van der Waals surface area contributed by atoms with E-state index < -0.39 is 23.6 Å². The first-order valence-electron chi connectivity index (χ1n) is 18.0. The van der Waals surface area contributed by atoms with E-state index in [-0.39, 0.29) is 46.7 Å². The van der Waals surface area contributed by atoms with E-state index in [9.17, 15) is 23.6 Å². The van der Waals surface area contributed by atoms with Gasteiger partial charge >= 0.3 is 6.09 Å². The first kappa shape index (κ1) is 35.5. The van der Waals surface area contributed by atoms with Crippen LogP contribution in [-0.2, 0) is 9.53 Å². The quantitative estimate of drug-likeness (QED) is 0.246. The largest absolute Gasteiger partial charge is 0.444 e. The molecule has 1 saturated carbocycles. The maximum absolute atomic E-state index is 14.7. The van der Waals surface area contributed by atoms with E-state index in [2.05, 4.69) is 4.98 Å². The molecule has 3 aliphatic rings. The number of hydrogen-bond donors (Lipinski definition) is 0. The van der Waals surface area contributed by atoms with Gasteiger partial charge in [-0.1, -0.05) is 0 Å². The SMILES string of the molecule is CCN(C(=O)c1cc(F)ccc1-n1c(C)c(C(=O)[C@H]2CCN(C(=O)[C@@H]3CCC4(CC4)N3C(=O)OC(C)(C)C)[C@H](C)C2)c2ccncc21)C(C)C. The van der Waals surface area contributed by atoms with Crippen molar-refractivity contribution in [1.82, 2.24) is 24.3 Å². The van der Waals surface area contributed by atoms with Gasteiger partial charge in [0.25, 0.3) is 5.91 Å². The molecule has 50 heavy (non-hydrogen) atoms. The third-order valence-corrected chi connectivity index (χ3v) is 10.8. The lowest BCUT2D eigenvalue weighted by molar-refractivity contribution is -0.140. The minimum absolute atomic E-state index is 0.0306. The molecular weight excluding hydrogens is 637 g/mol. The maximum atomic E-state index is 14.7. The van der Waals surface area contributed by atoms with E-state index in [0.717, 1.165) is 19.3 Å². The van der Waals surface area contributed by atoms with Crippen molar-refractivity contribution in [2.75, 3.05) is 13.1 Å². The van der Waals surface area contributed by atoms with E-state index in [1.165, 1.54) is 12.1 Å². The summed E-state index contributed by atoms with van der Waals surface area (Å²) >= 11 is 0. The molecule has 10 nitrogen and oxygen atoms in total. The van der Waals surface area contributed by atoms with Gasteiger partial charge in [0.1, 0.15) is 17.5 Å². The lowest BCUT2D eigenvalue weighted by Gasteiger charge is -2.40. The number of fused-ring (bicyclic) bond motifs is 1. The third-order valence-electron chi connectivity index (χ3n) is 10.8. The van der Waals surface area contributed by atoms with Gasteiger partial charge in [0.15, 0.2) is 5.78 Å². The van der Waals surface area contributed by atoms with Crippen molar-refractivity contribution in [3.63, 3.8) is 0 Å². The van der Waals surface area contributed by atoms with Gasteiger partial charge in [0.2, 0.25) is 5.91 Å². The van der Waals surface area contributed by atoms with Crippen LogP contribution in [0.4, 0.5) is 9.18 Å². The highest BCUT2D eigenvalue weighted by atomic mass is 19.1. The van der Waals surface area contributed by atoms with Gasteiger partial charge in [0, 0.05) is 59.5 Å². The number of carbonyl (C=O) groups is 4. The number of benzene rings is 1. The Hall–Kier alpha value is -4.28. The van der Waals surface area contributed by atoms with Crippen LogP contribution in [0.1, 0.15) is 113 Å². The summed E-state index contributed by atoms with van der Waals surface area (Å²) in [6.45, 7) is 15.9. The summed E-state index contributed by atoms with van der Waals surface area (Å²) < 4.78 is 22.3. The number of ether oxygens (including phenoxy) is 1. The third kappa shape index (κ3) is 6.28. The fourth-order valence-electron chi connectivity index (χ4n) is 8.28. The highest BCUT2D eigenvalue weighted by Gasteiger charge is 2.60. The second-order valence-electron chi connectivity index (χ2n) is 15.6. The number of rotatable bonds is 7. The molecule has 268 valence electrons. The fourth-order valence-corrected chi connectivity index (χ4v) is 8.28. The maximum Gasteiger partial charge on any atom is 0.411 e. The van der Waals surface area contributed by atoms with E-state index in [1.807, 2.05) is 70.9 Å². The molecule has 0 unspecified atom stereocenters. The van der Waals surface area contributed by atoms with Gasteiger partial charge in [-0.3, -0.25) is 24.3 Å². The number of carbonyl (C=O) groups excluding carboxylic acids is 4. The second kappa shape index (κ2) is 13.1. The van der Waals surface area contributed by atoms with Crippen molar-refractivity contribution in [2.45, 2.75) is 123 Å². The van der Waals surface area contributed by atoms with Crippen molar-refractivity contribution in [3.8, 4) is 5.69 Å². The molecule has 2 aliphatic heterocycles. The Labute approximate surface area is 293 Å². The summed E-state index contributed by atoms with van der Waals surface area (Å²) in [5, 5.41) is 0.710. The van der Waals surface area contributed by atoms with Crippen molar-refractivity contribution in [3.05, 3.63) is 59.3 Å². The summed E-state index contributed by atoms with van der Waals surface area (Å²) in [5.74, 6) is -1.26. The van der Waals surface area contributed by atoms with Crippen LogP contribution < -0.4 is 0 Å². The van der Waals surface area contributed by atoms with Crippen molar-refractivity contribution >= 4 is 34.6 Å². The Morgan fingerprint density at radius 1 is 1.10 bits per heavy atom. The molecule has 1 aromatic carbocycles. The number of pyridine rings is 1. The molecule has 6 rings (SSSR count). The Balaban J connectivity index is 1.27. The van der Waals surface area contributed by atoms with E-state index in [0.29, 0.717) is 60.2 Å². The summed E-state index contributed by atoms with van der Waals surface area (Å²) in [4.78, 5) is 65.3. The lowest BCUT2D eigenvalue weighted by Crippen LogP contribution is -2.55. The number of hydrogen-bond acceptors (Lipinski definition) is 6. The van der Waals surface area contributed by atoms with Gasteiger partial charge in [-0.2, -0.15) is 0 Å². The molecule has 3 amide bonds. The zero-order chi connectivity index (χ0) is 36.3. The molecule has 1 spiro atoms. The number of amides is 3. The Morgan fingerprint density at radius 2 is 1.82 bits per heavy atom. The molecule has 2 saturated heterocycles. The number of Topliss-reactive ketones (excluding diaryl/α,β-unsaturated/α-hetero) is 1. The van der Waals surface area contributed by atoms with Crippen LogP contribution in [0, 0.1) is 18.7 Å². The van der Waals surface area contributed by atoms with Gasteiger partial charge in [0.05, 0.1) is 23.0 Å². The number of nitrogens with zero attached hydrogens (tertiary/aromatic N) is 5. The average molecular weight is 688 g/mol. The Morgan fingerprint density at radius 3 is 2.44 bits per heavy atom. The fraction of sp³-hybridized carbons (Fsp3) is 0.564. The van der Waals surface area contributed by atoms with Crippen LogP contribution in [-0.4, -0.2) is 90.3 Å². The van der Waals surface area contributed by atoms with Crippen LogP contribution in [0.15, 0.2) is 36.7 Å². The average Bonchev–Trinajstić information content (AvgIpc) is 3.63. The Bertz CT molecular complexity index is 1840. The van der Waals surface area contributed by atoms with E-state index >= 15 is 0 Å². The van der Waals surface area contributed by atoms with Crippen molar-refractivity contribution in [1.29, 1.82) is 0 Å². The van der Waals surface area contributed by atoms with E-state index in [4.69, 9.17) is 4.74 Å². The summed E-state index contributed by atoms with van der Waals surface area (Å²) in [5.41, 5.74) is 1.60. The predicted octanol–water partition coefficient (Wildman–Crippen LogP) is 7.09. The van der Waals surface area contributed by atoms with Crippen LogP contribution in [0.2, 0.25) is 0 Å². The van der Waals surface area contributed by atoms with Crippen LogP contribution in [0.3, 0.4) is 0 Å². The Kier molecular flexibility index (Phi) is 9.33. The summed E-state index contributed by atoms with van der Waals surface area (Å²) in [6, 6.07) is 5.12. The van der Waals surface area contributed by atoms with Crippen LogP contribution >= 0.6 is 0 Å². The minimum atomic E-state index is -0.662. The normalized spacial score (nSPS) is 21.6. The van der Waals surface area contributed by atoms with Crippen molar-refractivity contribution in [2.24, 2.45) is 5.92 Å². The predicted molar refractivity (Wildman–Crippen MR) is 189 cm³/mol. The van der Waals surface area contributed by atoms with Gasteiger partial charge in [-0.15, -0.1) is 0 Å². The summed E-state index contributed by atoms with van der Waals surface area (Å²) in [6.07, 6.45) is 7.01. The first-order valence-corrected chi connectivity index (χ1v) is 18.0. The molecule has 3 aromatic rings. The molecule has 0 bridgehead atoms. The topological polar surface area (TPSA) is 105 Å². The number of halogens is 1. The highest BCUT2D eigenvalue weighted by Crippen LogP contribution is 2.53. The van der Waals surface area contributed by atoms with E-state index in [1.54, 1.807) is 28.3 Å². The number of ketones is 1. The molecule has 3 atom stereocenters. The van der Waals surface area contributed by atoms with Gasteiger partial charge in [-0.25, -0.2) is 9.18 Å². The molecule has 1 aliphatic carbocycles. The van der Waals surface area contributed by atoms with Crippen LogP contribution in [0.25, 0.3) is 16.6 Å². The zero-order valence-corrected chi connectivity index (χ0v) is 30.6. The van der Waals surface area contributed by atoms with Crippen LogP contribution in [0.5, 0.6) is 0 Å². The molecule has 3 fully saturated rings. The molecule has 2 aromatic heterocycles. The molecule has 0 N–H and O–H groups in total. The number of piperidine rings is 1. The molecule has 4 heterocycles. The second-order valence-corrected chi connectivity index (χ2v) is 15.6. The van der Waals surface area contributed by atoms with Crippen molar-refractivity contribution < 1.29 is 28.3 Å². The molecule has 11 heteroatoms. The minimum Gasteiger partial charge on any atom is -0.444 e. The lowest BCUT2D eigenvalue weighted by atomic mass is 9.84. The standard InChI is InChI=1S/C39H50FN5O5/c1-9-42(23(2)3)35(47)29-21-27(40)10-11-30(29)44-25(5)33(28-13-18-41-22-32(28)44)34(46)26-14-19-43(24(4)20-26)36(48)31-12-15-39(16-17-39)45(31)37(49)50-38(6,7)8/h10-11,13,18,21-24,26,31H,9,12,14-17,19-20H2,1-8H3/t24-,26+,31+/m1/s1.